The molecule has 0 bridgehead atoms. The van der Waals surface area contributed by atoms with Crippen molar-refractivity contribution in [1.82, 2.24) is 9.97 Å². The fourth-order valence-corrected chi connectivity index (χ4v) is 1.11. The van der Waals surface area contributed by atoms with E-state index in [1.165, 1.54) is 6.92 Å². The smallest absolute Gasteiger partial charge is 0.383 e. The maximum atomic E-state index is 12.4. The summed E-state index contributed by atoms with van der Waals surface area (Å²) in [5, 5.41) is 0. The third kappa shape index (κ3) is 1.86. The van der Waals surface area contributed by atoms with Crippen LogP contribution in [0.5, 0.6) is 0 Å². The van der Waals surface area contributed by atoms with Gasteiger partial charge in [-0.3, -0.25) is 0 Å². The Morgan fingerprint density at radius 1 is 1.21 bits per heavy atom. The second kappa shape index (κ2) is 3.32. The summed E-state index contributed by atoms with van der Waals surface area (Å²) in [5.74, 6) is -0.866. The van der Waals surface area contributed by atoms with Crippen molar-refractivity contribution in [3.8, 4) is 0 Å². The molecular weight excluding hydrogens is 197 g/mol. The van der Waals surface area contributed by atoms with Crippen molar-refractivity contribution in [2.45, 2.75) is 19.5 Å². The molecule has 0 unspecified atom stereocenters. The van der Waals surface area contributed by atoms with E-state index in [4.69, 9.17) is 11.5 Å². The zero-order chi connectivity index (χ0) is 10.9. The first-order chi connectivity index (χ1) is 6.36. The quantitative estimate of drug-likeness (QED) is 0.724. The van der Waals surface area contributed by atoms with Gasteiger partial charge in [-0.25, -0.2) is 4.98 Å². The Morgan fingerprint density at radius 3 is 2.21 bits per heavy atom. The van der Waals surface area contributed by atoms with E-state index in [-0.39, 0.29) is 18.1 Å². The Labute approximate surface area is 78.1 Å². The fourth-order valence-electron chi connectivity index (χ4n) is 1.11. The topological polar surface area (TPSA) is 77.8 Å². The Kier molecular flexibility index (Phi) is 2.50. The van der Waals surface area contributed by atoms with Gasteiger partial charge in [0, 0.05) is 0 Å². The van der Waals surface area contributed by atoms with Gasteiger partial charge in [0.2, 0.25) is 5.95 Å². The number of halogens is 3. The van der Waals surface area contributed by atoms with Crippen LogP contribution >= 0.6 is 0 Å². The minimum Gasteiger partial charge on any atom is -0.383 e. The van der Waals surface area contributed by atoms with Crippen LogP contribution in [0.15, 0.2) is 0 Å². The number of rotatable bonds is 1. The van der Waals surface area contributed by atoms with E-state index < -0.39 is 17.6 Å². The normalized spacial score (nSPS) is 11.7. The van der Waals surface area contributed by atoms with Gasteiger partial charge in [-0.05, 0) is 6.42 Å². The molecule has 1 rings (SSSR count). The molecule has 0 spiro atoms. The summed E-state index contributed by atoms with van der Waals surface area (Å²) in [4.78, 5) is 6.76. The maximum absolute atomic E-state index is 12.4. The molecule has 1 aromatic heterocycles. The van der Waals surface area contributed by atoms with Crippen molar-refractivity contribution in [3.63, 3.8) is 0 Å². The van der Waals surface area contributed by atoms with Crippen molar-refractivity contribution in [2.75, 3.05) is 11.5 Å². The first-order valence-electron chi connectivity index (χ1n) is 3.85. The molecule has 1 heterocycles. The van der Waals surface area contributed by atoms with Gasteiger partial charge in [-0.2, -0.15) is 18.2 Å². The van der Waals surface area contributed by atoms with E-state index in [0.717, 1.165) is 0 Å². The SMILES string of the molecule is CCc1nc(N)nc(N)c1C(F)(F)F. The van der Waals surface area contributed by atoms with Crippen LogP contribution in [0.25, 0.3) is 0 Å². The number of anilines is 2. The molecule has 0 aromatic carbocycles. The predicted octanol–water partition coefficient (Wildman–Crippen LogP) is 1.22. The zero-order valence-electron chi connectivity index (χ0n) is 7.39. The molecule has 0 amide bonds. The lowest BCUT2D eigenvalue weighted by molar-refractivity contribution is -0.137. The van der Waals surface area contributed by atoms with Gasteiger partial charge < -0.3 is 11.5 Å². The van der Waals surface area contributed by atoms with Crippen molar-refractivity contribution >= 4 is 11.8 Å². The highest BCUT2D eigenvalue weighted by Crippen LogP contribution is 2.35. The lowest BCUT2D eigenvalue weighted by atomic mass is 10.1. The molecule has 1 aromatic rings. The maximum Gasteiger partial charge on any atom is 0.421 e. The van der Waals surface area contributed by atoms with Gasteiger partial charge in [0.25, 0.3) is 0 Å². The van der Waals surface area contributed by atoms with Crippen molar-refractivity contribution in [1.29, 1.82) is 0 Å². The molecule has 0 radical (unpaired) electrons. The first-order valence-corrected chi connectivity index (χ1v) is 3.85. The van der Waals surface area contributed by atoms with Crippen LogP contribution in [0.4, 0.5) is 24.9 Å². The number of aromatic nitrogens is 2. The summed E-state index contributed by atoms with van der Waals surface area (Å²) >= 11 is 0. The van der Waals surface area contributed by atoms with Crippen LogP contribution in [0.1, 0.15) is 18.2 Å². The van der Waals surface area contributed by atoms with Crippen LogP contribution in [0, 0.1) is 0 Å². The number of hydrogen-bond donors (Lipinski definition) is 2. The van der Waals surface area contributed by atoms with Gasteiger partial charge in [0.05, 0.1) is 5.69 Å². The molecule has 7 heteroatoms. The summed E-state index contributed by atoms with van der Waals surface area (Å²) in [5.41, 5.74) is 9.14. The molecule has 0 aliphatic heterocycles. The standard InChI is InChI=1S/C7H9F3N4/c1-2-3-4(7(8,9)10)5(11)14-6(12)13-3/h2H2,1H3,(H4,11,12,13,14). The van der Waals surface area contributed by atoms with Crippen molar-refractivity contribution < 1.29 is 13.2 Å². The average Bonchev–Trinajstić information content (AvgIpc) is 1.99. The van der Waals surface area contributed by atoms with Crippen LogP contribution in [0.3, 0.4) is 0 Å². The molecule has 0 atom stereocenters. The Balaban J connectivity index is 3.40. The largest absolute Gasteiger partial charge is 0.421 e. The van der Waals surface area contributed by atoms with Crippen molar-refractivity contribution in [3.05, 3.63) is 11.3 Å². The summed E-state index contributed by atoms with van der Waals surface area (Å²) < 4.78 is 37.3. The van der Waals surface area contributed by atoms with Gasteiger partial charge in [0.1, 0.15) is 11.4 Å². The molecule has 0 saturated heterocycles. The highest BCUT2D eigenvalue weighted by atomic mass is 19.4. The summed E-state index contributed by atoms with van der Waals surface area (Å²) in [7, 11) is 0. The summed E-state index contributed by atoms with van der Waals surface area (Å²) in [6.07, 6.45) is -4.44. The average molecular weight is 206 g/mol. The second-order valence-corrected chi connectivity index (χ2v) is 2.64. The van der Waals surface area contributed by atoms with E-state index in [1.54, 1.807) is 0 Å². The summed E-state index contributed by atoms with van der Waals surface area (Å²) in [6, 6.07) is 0. The van der Waals surface area contributed by atoms with E-state index in [1.807, 2.05) is 0 Å². The molecule has 4 N–H and O–H groups in total. The number of hydrogen-bond acceptors (Lipinski definition) is 4. The molecule has 0 aliphatic rings. The second-order valence-electron chi connectivity index (χ2n) is 2.64. The number of nitrogen functional groups attached to an aromatic ring is 2. The Bertz CT molecular complexity index is 348. The lowest BCUT2D eigenvalue weighted by Crippen LogP contribution is -2.16. The molecule has 0 aliphatic carbocycles. The van der Waals surface area contributed by atoms with E-state index in [2.05, 4.69) is 9.97 Å². The van der Waals surface area contributed by atoms with E-state index in [0.29, 0.717) is 0 Å². The molecular formula is C7H9F3N4. The highest BCUT2D eigenvalue weighted by molar-refractivity contribution is 5.47. The fraction of sp³-hybridized carbons (Fsp3) is 0.429. The zero-order valence-corrected chi connectivity index (χ0v) is 7.39. The molecule has 78 valence electrons. The highest BCUT2D eigenvalue weighted by Gasteiger charge is 2.37. The molecule has 14 heavy (non-hydrogen) atoms. The minimum absolute atomic E-state index is 0.103. The third-order valence-corrected chi connectivity index (χ3v) is 1.65. The Hall–Kier alpha value is -1.53. The molecule has 0 fully saturated rings. The number of nitrogens with zero attached hydrogens (tertiary/aromatic N) is 2. The minimum atomic E-state index is -4.54. The predicted molar refractivity (Wildman–Crippen MR) is 45.2 cm³/mol. The number of nitrogens with two attached hydrogens (primary N) is 2. The first kappa shape index (κ1) is 10.6. The van der Waals surface area contributed by atoms with Crippen LogP contribution in [-0.2, 0) is 12.6 Å². The molecule has 0 saturated carbocycles. The number of alkyl halides is 3. The van der Waals surface area contributed by atoms with Gasteiger partial charge in [-0.1, -0.05) is 6.92 Å². The lowest BCUT2D eigenvalue weighted by Gasteiger charge is -2.12. The van der Waals surface area contributed by atoms with Crippen LogP contribution in [0.2, 0.25) is 0 Å². The Morgan fingerprint density at radius 2 is 1.79 bits per heavy atom. The van der Waals surface area contributed by atoms with E-state index in [9.17, 15) is 13.2 Å². The van der Waals surface area contributed by atoms with Gasteiger partial charge >= 0.3 is 6.18 Å². The van der Waals surface area contributed by atoms with Crippen LogP contribution < -0.4 is 11.5 Å². The number of aryl methyl sites for hydroxylation is 1. The van der Waals surface area contributed by atoms with Crippen LogP contribution in [-0.4, -0.2) is 9.97 Å². The van der Waals surface area contributed by atoms with Gasteiger partial charge in [0.15, 0.2) is 0 Å². The van der Waals surface area contributed by atoms with Gasteiger partial charge in [-0.15, -0.1) is 0 Å². The van der Waals surface area contributed by atoms with E-state index >= 15 is 0 Å². The third-order valence-electron chi connectivity index (χ3n) is 1.65. The monoisotopic (exact) mass is 206 g/mol. The summed E-state index contributed by atoms with van der Waals surface area (Å²) in [6.45, 7) is 1.54. The van der Waals surface area contributed by atoms with Crippen molar-refractivity contribution in [2.24, 2.45) is 0 Å². The molecule has 4 nitrogen and oxygen atoms in total.